The van der Waals surface area contributed by atoms with Crippen LogP contribution in [0.15, 0.2) is 0 Å². The minimum Gasteiger partial charge on any atom is -0.462 e. The lowest BCUT2D eigenvalue weighted by Gasteiger charge is -2.38. The van der Waals surface area contributed by atoms with E-state index in [9.17, 15) is 9.59 Å². The first-order valence-electron chi connectivity index (χ1n) is 11.4. The molecule has 0 aromatic rings. The third-order valence-electron chi connectivity index (χ3n) is 8.54. The highest BCUT2D eigenvalue weighted by Gasteiger charge is 2.56. The standard InChI is InChI=1S/C23H34O5/c1-13(2)21(24)28-20-7-14-5-18(20)19(6-14)22(25)27-12-26-11-23-8-15-3-16(9-23)17(4-15)10-23/h13-20H,3-12H2,1-2H3. The Morgan fingerprint density at radius 3 is 2.36 bits per heavy atom. The molecule has 5 nitrogen and oxygen atoms in total. The quantitative estimate of drug-likeness (QED) is 0.374. The molecule has 5 heteroatoms. The maximum atomic E-state index is 12.6. The number of carbonyl (C=O) groups excluding carboxylic acids is 2. The van der Waals surface area contributed by atoms with Crippen LogP contribution in [0.3, 0.4) is 0 Å². The van der Waals surface area contributed by atoms with Crippen LogP contribution in [0.4, 0.5) is 0 Å². The van der Waals surface area contributed by atoms with Crippen LogP contribution >= 0.6 is 0 Å². The van der Waals surface area contributed by atoms with Crippen molar-refractivity contribution < 1.29 is 23.8 Å². The number of hydrogen-bond acceptors (Lipinski definition) is 5. The van der Waals surface area contributed by atoms with Gasteiger partial charge in [-0.15, -0.1) is 0 Å². The molecular weight excluding hydrogens is 356 g/mol. The van der Waals surface area contributed by atoms with E-state index in [4.69, 9.17) is 14.2 Å². The summed E-state index contributed by atoms with van der Waals surface area (Å²) in [6, 6.07) is 0. The predicted octanol–water partition coefficient (Wildman–Crippen LogP) is 3.94. The van der Waals surface area contributed by atoms with Crippen molar-refractivity contribution in [1.82, 2.24) is 0 Å². The van der Waals surface area contributed by atoms with Crippen molar-refractivity contribution in [2.24, 2.45) is 46.8 Å². The van der Waals surface area contributed by atoms with Gasteiger partial charge in [0.15, 0.2) is 6.79 Å². The van der Waals surface area contributed by atoms with Crippen LogP contribution < -0.4 is 0 Å². The topological polar surface area (TPSA) is 61.8 Å². The van der Waals surface area contributed by atoms with Crippen LogP contribution in [0.2, 0.25) is 0 Å². The molecule has 6 fully saturated rings. The Morgan fingerprint density at radius 1 is 0.964 bits per heavy atom. The fraction of sp³-hybridized carbons (Fsp3) is 0.913. The summed E-state index contributed by atoms with van der Waals surface area (Å²) in [7, 11) is 0. The molecule has 6 aliphatic rings. The second-order valence-electron chi connectivity index (χ2n) is 10.9. The molecule has 0 aromatic heterocycles. The number of esters is 2. The van der Waals surface area contributed by atoms with Crippen molar-refractivity contribution in [2.75, 3.05) is 13.4 Å². The van der Waals surface area contributed by atoms with Crippen molar-refractivity contribution >= 4 is 11.9 Å². The van der Waals surface area contributed by atoms with Gasteiger partial charge in [0.05, 0.1) is 18.4 Å². The average molecular weight is 391 g/mol. The van der Waals surface area contributed by atoms with E-state index in [0.717, 1.165) is 43.6 Å². The summed E-state index contributed by atoms with van der Waals surface area (Å²) in [6.07, 6.45) is 9.45. The Bertz CT molecular complexity index is 623. The van der Waals surface area contributed by atoms with Gasteiger partial charge in [0.1, 0.15) is 6.10 Å². The molecule has 28 heavy (non-hydrogen) atoms. The lowest BCUT2D eigenvalue weighted by Crippen LogP contribution is -2.36. The van der Waals surface area contributed by atoms with Gasteiger partial charge in [-0.25, -0.2) is 0 Å². The van der Waals surface area contributed by atoms with Gasteiger partial charge in [0.25, 0.3) is 0 Å². The van der Waals surface area contributed by atoms with E-state index in [1.165, 1.54) is 32.1 Å². The lowest BCUT2D eigenvalue weighted by atomic mass is 9.70. The van der Waals surface area contributed by atoms with Gasteiger partial charge in [-0.2, -0.15) is 0 Å². The molecule has 6 saturated carbocycles. The van der Waals surface area contributed by atoms with Gasteiger partial charge in [0, 0.05) is 5.92 Å². The molecule has 156 valence electrons. The summed E-state index contributed by atoms with van der Waals surface area (Å²) in [5.41, 5.74) is 0.367. The first-order valence-corrected chi connectivity index (χ1v) is 11.4. The van der Waals surface area contributed by atoms with Crippen LogP contribution in [-0.4, -0.2) is 31.4 Å². The highest BCUT2D eigenvalue weighted by molar-refractivity contribution is 5.74. The largest absolute Gasteiger partial charge is 0.462 e. The average Bonchev–Trinajstić information content (AvgIpc) is 3.36. The Kier molecular flexibility index (Phi) is 4.72. The summed E-state index contributed by atoms with van der Waals surface area (Å²) < 4.78 is 17.0. The predicted molar refractivity (Wildman–Crippen MR) is 102 cm³/mol. The Hall–Kier alpha value is -1.10. The fourth-order valence-electron chi connectivity index (χ4n) is 7.60. The molecule has 6 aliphatic carbocycles. The molecular formula is C23H34O5. The van der Waals surface area contributed by atoms with Gasteiger partial charge in [-0.1, -0.05) is 13.8 Å². The Morgan fingerprint density at radius 2 is 1.71 bits per heavy atom. The lowest BCUT2D eigenvalue weighted by molar-refractivity contribution is -0.172. The molecule has 0 heterocycles. The molecule has 6 atom stereocenters. The van der Waals surface area contributed by atoms with Gasteiger partial charge < -0.3 is 14.2 Å². The van der Waals surface area contributed by atoms with Crippen molar-refractivity contribution in [1.29, 1.82) is 0 Å². The third kappa shape index (κ3) is 3.28. The number of rotatable bonds is 7. The van der Waals surface area contributed by atoms with E-state index in [2.05, 4.69) is 0 Å². The highest BCUT2D eigenvalue weighted by atomic mass is 16.7. The molecule has 6 rings (SSSR count). The van der Waals surface area contributed by atoms with E-state index in [0.29, 0.717) is 11.3 Å². The number of fused-ring (bicyclic) bond motifs is 2. The van der Waals surface area contributed by atoms with Crippen LogP contribution in [-0.2, 0) is 23.8 Å². The highest BCUT2D eigenvalue weighted by Crippen LogP contribution is 2.64. The van der Waals surface area contributed by atoms with Crippen LogP contribution in [0.25, 0.3) is 0 Å². The van der Waals surface area contributed by atoms with E-state index >= 15 is 0 Å². The van der Waals surface area contributed by atoms with E-state index in [1.54, 1.807) is 0 Å². The smallest absolute Gasteiger partial charge is 0.311 e. The summed E-state index contributed by atoms with van der Waals surface area (Å²) in [5.74, 6) is 2.81. The minimum absolute atomic E-state index is 0.0743. The van der Waals surface area contributed by atoms with E-state index in [-0.39, 0.29) is 42.6 Å². The number of carbonyl (C=O) groups is 2. The molecule has 0 amide bonds. The zero-order chi connectivity index (χ0) is 19.5. The monoisotopic (exact) mass is 390 g/mol. The minimum atomic E-state index is -0.161. The first-order chi connectivity index (χ1) is 13.4. The normalized spacial score (nSPS) is 45.2. The maximum Gasteiger partial charge on any atom is 0.311 e. The van der Waals surface area contributed by atoms with Crippen LogP contribution in [0.5, 0.6) is 0 Å². The van der Waals surface area contributed by atoms with Gasteiger partial charge in [0.2, 0.25) is 0 Å². The molecule has 6 bridgehead atoms. The van der Waals surface area contributed by atoms with Gasteiger partial charge in [-0.05, 0) is 80.5 Å². The molecule has 0 saturated heterocycles. The van der Waals surface area contributed by atoms with E-state index < -0.39 is 0 Å². The maximum absolute atomic E-state index is 12.6. The van der Waals surface area contributed by atoms with Crippen LogP contribution in [0.1, 0.15) is 65.2 Å². The van der Waals surface area contributed by atoms with Crippen molar-refractivity contribution in [3.05, 3.63) is 0 Å². The fourth-order valence-corrected chi connectivity index (χ4v) is 7.60. The second-order valence-corrected chi connectivity index (χ2v) is 10.9. The summed E-state index contributed by atoms with van der Waals surface area (Å²) in [5, 5.41) is 0. The Balaban J connectivity index is 1.08. The van der Waals surface area contributed by atoms with Gasteiger partial charge >= 0.3 is 11.9 Å². The molecule has 0 radical (unpaired) electrons. The molecule has 0 N–H and O–H groups in total. The molecule has 0 aromatic carbocycles. The SMILES string of the molecule is CC(C)C(=O)OC1CC2CC(C(=O)OCOCC34CC5CC(C3)C(C5)C4)C1C2. The Labute approximate surface area is 167 Å². The van der Waals surface area contributed by atoms with Crippen molar-refractivity contribution in [3.8, 4) is 0 Å². The zero-order valence-corrected chi connectivity index (χ0v) is 17.2. The summed E-state index contributed by atoms with van der Waals surface area (Å²) in [4.78, 5) is 24.6. The third-order valence-corrected chi connectivity index (χ3v) is 8.54. The second kappa shape index (κ2) is 7.00. The molecule has 0 aliphatic heterocycles. The first kappa shape index (κ1) is 18.9. The van der Waals surface area contributed by atoms with Crippen molar-refractivity contribution in [2.45, 2.75) is 71.3 Å². The summed E-state index contributed by atoms with van der Waals surface area (Å²) >= 11 is 0. The molecule has 6 unspecified atom stereocenters. The van der Waals surface area contributed by atoms with E-state index in [1.807, 2.05) is 13.8 Å². The number of ether oxygens (including phenoxy) is 3. The molecule has 0 spiro atoms. The zero-order valence-electron chi connectivity index (χ0n) is 17.2. The van der Waals surface area contributed by atoms with Gasteiger partial charge in [-0.3, -0.25) is 9.59 Å². The number of hydrogen-bond donors (Lipinski definition) is 0. The van der Waals surface area contributed by atoms with Crippen molar-refractivity contribution in [3.63, 3.8) is 0 Å². The van der Waals surface area contributed by atoms with Crippen LogP contribution in [0, 0.1) is 46.8 Å². The summed E-state index contributed by atoms with van der Waals surface area (Å²) in [6.45, 7) is 4.51.